The standard InChI is InChI=1S/C11H20N2O2S/c1-4-10(14)13-8-16-7-9(13)11(15)12(5-2)6-3/h9H,4-8H2,1-3H3. The van der Waals surface area contributed by atoms with E-state index < -0.39 is 0 Å². The normalized spacial score (nSPS) is 19.9. The molecule has 0 saturated carbocycles. The first kappa shape index (κ1) is 13.4. The Kier molecular flexibility index (Phi) is 5.12. The van der Waals surface area contributed by atoms with Gasteiger partial charge in [0.25, 0.3) is 0 Å². The zero-order valence-electron chi connectivity index (χ0n) is 10.2. The fourth-order valence-electron chi connectivity index (χ4n) is 1.84. The van der Waals surface area contributed by atoms with Gasteiger partial charge in [-0.2, -0.15) is 0 Å². The van der Waals surface area contributed by atoms with Crippen LogP contribution in [0, 0.1) is 0 Å². The first-order chi connectivity index (χ1) is 7.65. The number of thioether (sulfide) groups is 1. The molecule has 0 aromatic rings. The molecule has 1 fully saturated rings. The van der Waals surface area contributed by atoms with Crippen molar-refractivity contribution in [1.29, 1.82) is 0 Å². The van der Waals surface area contributed by atoms with Crippen molar-refractivity contribution in [1.82, 2.24) is 9.80 Å². The molecule has 1 atom stereocenters. The number of carbonyl (C=O) groups excluding carboxylic acids is 2. The van der Waals surface area contributed by atoms with Gasteiger partial charge in [-0.1, -0.05) is 6.92 Å². The van der Waals surface area contributed by atoms with Gasteiger partial charge in [-0.3, -0.25) is 9.59 Å². The van der Waals surface area contributed by atoms with Crippen LogP contribution in [0.4, 0.5) is 0 Å². The first-order valence-electron chi connectivity index (χ1n) is 5.81. The Morgan fingerprint density at radius 3 is 2.44 bits per heavy atom. The maximum atomic E-state index is 12.2. The maximum absolute atomic E-state index is 12.2. The number of rotatable bonds is 4. The monoisotopic (exact) mass is 244 g/mol. The Labute approximate surface area is 101 Å². The quantitative estimate of drug-likeness (QED) is 0.745. The fraction of sp³-hybridized carbons (Fsp3) is 0.818. The lowest BCUT2D eigenvalue weighted by Gasteiger charge is -2.28. The van der Waals surface area contributed by atoms with E-state index in [0.29, 0.717) is 25.4 Å². The van der Waals surface area contributed by atoms with Crippen molar-refractivity contribution in [2.24, 2.45) is 0 Å². The van der Waals surface area contributed by atoms with E-state index in [1.165, 1.54) is 0 Å². The summed E-state index contributed by atoms with van der Waals surface area (Å²) in [5, 5.41) is 0. The van der Waals surface area contributed by atoms with Crippen LogP contribution in [0.1, 0.15) is 27.2 Å². The van der Waals surface area contributed by atoms with Crippen molar-refractivity contribution in [3.8, 4) is 0 Å². The van der Waals surface area contributed by atoms with E-state index >= 15 is 0 Å². The van der Waals surface area contributed by atoms with Gasteiger partial charge in [0.15, 0.2) is 0 Å². The van der Waals surface area contributed by atoms with Gasteiger partial charge in [0, 0.05) is 25.3 Å². The molecule has 16 heavy (non-hydrogen) atoms. The van der Waals surface area contributed by atoms with Crippen LogP contribution in [0.15, 0.2) is 0 Å². The van der Waals surface area contributed by atoms with Gasteiger partial charge in [0.2, 0.25) is 11.8 Å². The number of hydrogen-bond donors (Lipinski definition) is 0. The average molecular weight is 244 g/mol. The Hall–Kier alpha value is -0.710. The lowest BCUT2D eigenvalue weighted by Crippen LogP contribution is -2.48. The molecule has 0 aromatic heterocycles. The minimum absolute atomic E-state index is 0.0792. The average Bonchev–Trinajstić information content (AvgIpc) is 2.78. The van der Waals surface area contributed by atoms with Gasteiger partial charge in [-0.25, -0.2) is 0 Å². The summed E-state index contributed by atoms with van der Waals surface area (Å²) in [6, 6.07) is -0.239. The summed E-state index contributed by atoms with van der Waals surface area (Å²) in [5.74, 6) is 1.57. The molecule has 0 N–H and O–H groups in total. The highest BCUT2D eigenvalue weighted by Crippen LogP contribution is 2.23. The Balaban J connectivity index is 2.70. The molecule has 1 aliphatic heterocycles. The molecule has 0 radical (unpaired) electrons. The van der Waals surface area contributed by atoms with Crippen LogP contribution in [-0.2, 0) is 9.59 Å². The highest BCUT2D eigenvalue weighted by molar-refractivity contribution is 7.99. The second-order valence-corrected chi connectivity index (χ2v) is 4.74. The Morgan fingerprint density at radius 1 is 1.31 bits per heavy atom. The van der Waals surface area contributed by atoms with Crippen molar-refractivity contribution in [2.75, 3.05) is 24.7 Å². The SMILES string of the molecule is CCC(=O)N1CSCC1C(=O)N(CC)CC. The molecular weight excluding hydrogens is 224 g/mol. The van der Waals surface area contributed by atoms with Crippen LogP contribution in [0.25, 0.3) is 0 Å². The van der Waals surface area contributed by atoms with E-state index in [1.54, 1.807) is 21.6 Å². The van der Waals surface area contributed by atoms with E-state index in [1.807, 2.05) is 20.8 Å². The van der Waals surface area contributed by atoms with Crippen LogP contribution < -0.4 is 0 Å². The van der Waals surface area contributed by atoms with Crippen molar-refractivity contribution in [2.45, 2.75) is 33.2 Å². The summed E-state index contributed by atoms with van der Waals surface area (Å²) in [6.07, 6.45) is 0.475. The minimum Gasteiger partial charge on any atom is -0.341 e. The highest BCUT2D eigenvalue weighted by Gasteiger charge is 2.35. The topological polar surface area (TPSA) is 40.6 Å². The third-order valence-corrected chi connectivity index (χ3v) is 3.88. The molecule has 4 nitrogen and oxygen atoms in total. The van der Waals surface area contributed by atoms with Gasteiger partial charge in [-0.15, -0.1) is 11.8 Å². The summed E-state index contributed by atoms with van der Waals surface area (Å²) in [4.78, 5) is 27.3. The molecular formula is C11H20N2O2S. The van der Waals surface area contributed by atoms with Gasteiger partial charge in [0.1, 0.15) is 6.04 Å². The molecule has 92 valence electrons. The predicted octanol–water partition coefficient (Wildman–Crippen LogP) is 1.17. The second kappa shape index (κ2) is 6.13. The summed E-state index contributed by atoms with van der Waals surface area (Å²) in [6.45, 7) is 7.20. The first-order valence-corrected chi connectivity index (χ1v) is 6.97. The molecule has 1 saturated heterocycles. The van der Waals surface area contributed by atoms with Gasteiger partial charge in [0.05, 0.1) is 5.88 Å². The fourth-order valence-corrected chi connectivity index (χ4v) is 3.01. The highest BCUT2D eigenvalue weighted by atomic mass is 32.2. The van der Waals surface area contributed by atoms with E-state index in [4.69, 9.17) is 0 Å². The molecule has 0 spiro atoms. The second-order valence-electron chi connectivity index (χ2n) is 3.74. The summed E-state index contributed by atoms with van der Waals surface area (Å²) >= 11 is 1.66. The minimum atomic E-state index is -0.239. The predicted molar refractivity (Wildman–Crippen MR) is 66.2 cm³/mol. The van der Waals surface area contributed by atoms with Crippen LogP contribution >= 0.6 is 11.8 Å². The smallest absolute Gasteiger partial charge is 0.246 e. The van der Waals surface area contributed by atoms with Crippen LogP contribution in [-0.4, -0.2) is 52.4 Å². The molecule has 1 heterocycles. The molecule has 0 aliphatic carbocycles. The van der Waals surface area contributed by atoms with Crippen molar-refractivity contribution >= 4 is 23.6 Å². The third kappa shape index (κ3) is 2.70. The van der Waals surface area contributed by atoms with Gasteiger partial charge >= 0.3 is 0 Å². The summed E-state index contributed by atoms with van der Waals surface area (Å²) in [7, 11) is 0. The number of nitrogens with zero attached hydrogens (tertiary/aromatic N) is 2. The molecule has 2 amide bonds. The van der Waals surface area contributed by atoms with Crippen molar-refractivity contribution in [3.63, 3.8) is 0 Å². The molecule has 0 bridgehead atoms. The van der Waals surface area contributed by atoms with Crippen molar-refractivity contribution in [3.05, 3.63) is 0 Å². The maximum Gasteiger partial charge on any atom is 0.246 e. The molecule has 1 unspecified atom stereocenters. The van der Waals surface area contributed by atoms with Crippen LogP contribution in [0.5, 0.6) is 0 Å². The summed E-state index contributed by atoms with van der Waals surface area (Å²) in [5.41, 5.74) is 0. The number of carbonyl (C=O) groups is 2. The van der Waals surface area contributed by atoms with Crippen LogP contribution in [0.2, 0.25) is 0 Å². The molecule has 5 heteroatoms. The summed E-state index contributed by atoms with van der Waals surface area (Å²) < 4.78 is 0. The number of hydrogen-bond acceptors (Lipinski definition) is 3. The van der Waals surface area contributed by atoms with Gasteiger partial charge < -0.3 is 9.80 Å². The van der Waals surface area contributed by atoms with Crippen LogP contribution in [0.3, 0.4) is 0 Å². The Bertz CT molecular complexity index is 267. The third-order valence-electron chi connectivity index (χ3n) is 2.87. The van der Waals surface area contributed by atoms with E-state index in [9.17, 15) is 9.59 Å². The largest absolute Gasteiger partial charge is 0.341 e. The van der Waals surface area contributed by atoms with Gasteiger partial charge in [-0.05, 0) is 13.8 Å². The molecule has 1 aliphatic rings. The van der Waals surface area contributed by atoms with E-state index in [2.05, 4.69) is 0 Å². The zero-order valence-corrected chi connectivity index (χ0v) is 11.0. The van der Waals surface area contributed by atoms with Crippen molar-refractivity contribution < 1.29 is 9.59 Å². The van der Waals surface area contributed by atoms with E-state index in [0.717, 1.165) is 5.75 Å². The zero-order chi connectivity index (χ0) is 12.1. The van der Waals surface area contributed by atoms with E-state index in [-0.39, 0.29) is 17.9 Å². The Morgan fingerprint density at radius 2 is 1.94 bits per heavy atom. The molecule has 0 aromatic carbocycles. The number of amides is 2. The molecule has 1 rings (SSSR count). The lowest BCUT2D eigenvalue weighted by molar-refractivity contribution is -0.143. The lowest BCUT2D eigenvalue weighted by atomic mass is 10.2. The number of likely N-dealkylation sites (N-methyl/N-ethyl adjacent to an activating group) is 1.